The fourth-order valence-electron chi connectivity index (χ4n) is 3.33. The molecule has 3 rings (SSSR count). The molecule has 2 aromatic heterocycles. The molecule has 174 valence electrons. The molecule has 10 heteroatoms. The molecule has 2 aromatic rings. The third kappa shape index (κ3) is 6.48. The number of hydrogen-bond donors (Lipinski definition) is 0. The minimum Gasteiger partial charge on any atom is -0.471 e. The van der Waals surface area contributed by atoms with Crippen LogP contribution >= 0.6 is 0 Å². The van der Waals surface area contributed by atoms with Crippen molar-refractivity contribution in [3.8, 4) is 11.8 Å². The Morgan fingerprint density at radius 3 is 2.69 bits per heavy atom. The van der Waals surface area contributed by atoms with E-state index in [1.165, 1.54) is 6.07 Å². The van der Waals surface area contributed by atoms with Crippen LogP contribution in [0.25, 0.3) is 0 Å². The van der Waals surface area contributed by atoms with Crippen LogP contribution in [-0.2, 0) is 11.3 Å². The maximum Gasteiger partial charge on any atom is 0.410 e. The minimum absolute atomic E-state index is 0.128. The summed E-state index contributed by atoms with van der Waals surface area (Å²) in [4.78, 5) is 22.6. The van der Waals surface area contributed by atoms with Crippen molar-refractivity contribution in [2.45, 2.75) is 64.9 Å². The van der Waals surface area contributed by atoms with Crippen LogP contribution in [0, 0.1) is 5.82 Å². The highest BCUT2D eigenvalue weighted by atomic mass is 19.3. The van der Waals surface area contributed by atoms with E-state index in [4.69, 9.17) is 9.47 Å². The monoisotopic (exact) mass is 453 g/mol. The molecule has 7 nitrogen and oxygen atoms in total. The molecule has 0 radical (unpaired) electrons. The van der Waals surface area contributed by atoms with E-state index in [9.17, 15) is 18.0 Å². The van der Waals surface area contributed by atoms with Gasteiger partial charge in [0.25, 0.3) is 5.88 Å². The number of rotatable bonds is 6. The van der Waals surface area contributed by atoms with Gasteiger partial charge >= 0.3 is 12.7 Å². The van der Waals surface area contributed by atoms with Crippen molar-refractivity contribution in [3.63, 3.8) is 0 Å². The van der Waals surface area contributed by atoms with Crippen LogP contribution in [0.5, 0.6) is 11.8 Å². The Hall–Kier alpha value is -3.04. The molecule has 1 fully saturated rings. The lowest BCUT2D eigenvalue weighted by atomic mass is 9.99. The number of carbonyl (C=O) groups excluding carboxylic acids is 1. The zero-order valence-corrected chi connectivity index (χ0v) is 18.2. The second-order valence-corrected chi connectivity index (χ2v) is 8.34. The van der Waals surface area contributed by atoms with Gasteiger partial charge < -0.3 is 14.2 Å². The van der Waals surface area contributed by atoms with Gasteiger partial charge in [-0.05, 0) is 58.2 Å². The summed E-state index contributed by atoms with van der Waals surface area (Å²) in [6, 6.07) is 7.23. The number of hydrogen-bond acceptors (Lipinski definition) is 6. The molecule has 32 heavy (non-hydrogen) atoms. The van der Waals surface area contributed by atoms with Crippen LogP contribution in [0.15, 0.2) is 30.3 Å². The van der Waals surface area contributed by atoms with E-state index >= 15 is 0 Å². The summed E-state index contributed by atoms with van der Waals surface area (Å²) in [6.07, 6.45) is 2.18. The topological polar surface area (TPSA) is 73.8 Å². The lowest BCUT2D eigenvalue weighted by Crippen LogP contribution is -2.42. The molecule has 0 N–H and O–H groups in total. The number of halogens is 3. The van der Waals surface area contributed by atoms with Gasteiger partial charge in [0.05, 0.1) is 17.4 Å². The predicted octanol–water partition coefficient (Wildman–Crippen LogP) is 5.26. The molecule has 0 aliphatic carbocycles. The molecule has 0 spiro atoms. The normalized spacial score (nSPS) is 16.7. The second-order valence-electron chi connectivity index (χ2n) is 8.34. The van der Waals surface area contributed by atoms with E-state index in [0.717, 1.165) is 25.3 Å². The lowest BCUT2D eigenvalue weighted by Gasteiger charge is -2.36. The highest BCUT2D eigenvalue weighted by Crippen LogP contribution is 2.32. The number of amides is 1. The average molecular weight is 453 g/mol. The Morgan fingerprint density at radius 2 is 1.97 bits per heavy atom. The van der Waals surface area contributed by atoms with E-state index < -0.39 is 30.0 Å². The maximum absolute atomic E-state index is 13.5. The van der Waals surface area contributed by atoms with Crippen LogP contribution in [0.2, 0.25) is 0 Å². The highest BCUT2D eigenvalue weighted by Gasteiger charge is 2.32. The number of pyridine rings is 2. The summed E-state index contributed by atoms with van der Waals surface area (Å²) in [5, 5.41) is 0. The summed E-state index contributed by atoms with van der Waals surface area (Å²) in [7, 11) is 0. The number of carbonyl (C=O) groups is 1. The summed E-state index contributed by atoms with van der Waals surface area (Å²) < 4.78 is 53.5. The van der Waals surface area contributed by atoms with Gasteiger partial charge in [-0.1, -0.05) is 6.07 Å². The number of aromatic nitrogens is 2. The first-order valence-electron chi connectivity index (χ1n) is 10.3. The maximum atomic E-state index is 13.5. The van der Waals surface area contributed by atoms with Gasteiger partial charge in [0.15, 0.2) is 5.82 Å². The Labute approximate surface area is 184 Å². The van der Waals surface area contributed by atoms with Gasteiger partial charge in [-0.25, -0.2) is 19.2 Å². The van der Waals surface area contributed by atoms with Gasteiger partial charge in [0.1, 0.15) is 12.2 Å². The number of ether oxygens (including phenoxy) is 3. The first kappa shape index (κ1) is 23.6. The lowest BCUT2D eigenvalue weighted by molar-refractivity contribution is -0.0555. The largest absolute Gasteiger partial charge is 0.471 e. The van der Waals surface area contributed by atoms with Crippen molar-refractivity contribution in [3.05, 3.63) is 47.5 Å². The van der Waals surface area contributed by atoms with Gasteiger partial charge in [0, 0.05) is 12.6 Å². The van der Waals surface area contributed by atoms with E-state index in [2.05, 4.69) is 14.7 Å². The van der Waals surface area contributed by atoms with Crippen molar-refractivity contribution < 1.29 is 32.2 Å². The van der Waals surface area contributed by atoms with Crippen LogP contribution < -0.4 is 9.47 Å². The SMILES string of the molecule is CC(C)(C)OC(=O)N1CCCCC1c1cccc(OCc2ccc(F)c(OC(F)F)n2)n1. The number of likely N-dealkylation sites (tertiary alicyclic amines) is 1. The number of alkyl halides is 2. The summed E-state index contributed by atoms with van der Waals surface area (Å²) in [5.74, 6) is -1.52. The van der Waals surface area contributed by atoms with E-state index in [0.29, 0.717) is 12.2 Å². The smallest absolute Gasteiger partial charge is 0.410 e. The zero-order chi connectivity index (χ0) is 23.3. The minimum atomic E-state index is -3.19. The van der Waals surface area contributed by atoms with E-state index in [-0.39, 0.29) is 24.2 Å². The molecule has 0 bridgehead atoms. The van der Waals surface area contributed by atoms with Crippen LogP contribution in [0.3, 0.4) is 0 Å². The standard InChI is InChI=1S/C22H26F3N3O4/c1-22(2,3)32-21(29)28-12-5-4-8-17(28)16-7-6-9-18(27-16)30-13-14-10-11-15(23)19(26-14)31-20(24)25/h6-7,9-11,17,20H,4-5,8,12-13H2,1-3H3. The second kappa shape index (κ2) is 10.1. The summed E-state index contributed by atoms with van der Waals surface area (Å²) in [6.45, 7) is 2.71. The van der Waals surface area contributed by atoms with Gasteiger partial charge in [0.2, 0.25) is 5.88 Å². The van der Waals surface area contributed by atoms with Crippen LogP contribution in [0.1, 0.15) is 57.5 Å². The summed E-state index contributed by atoms with van der Waals surface area (Å²) >= 11 is 0. The van der Waals surface area contributed by atoms with Crippen molar-refractivity contribution in [1.29, 1.82) is 0 Å². The Bertz CT molecular complexity index is 937. The Morgan fingerprint density at radius 1 is 1.19 bits per heavy atom. The quantitative estimate of drug-likeness (QED) is 0.594. The molecule has 1 saturated heterocycles. The first-order valence-corrected chi connectivity index (χ1v) is 10.3. The number of nitrogens with zero attached hydrogens (tertiary/aromatic N) is 3. The summed E-state index contributed by atoms with van der Waals surface area (Å²) in [5.41, 5.74) is 0.246. The van der Waals surface area contributed by atoms with Crippen molar-refractivity contribution in [1.82, 2.24) is 14.9 Å². The molecule has 1 amide bonds. The average Bonchev–Trinajstić information content (AvgIpc) is 2.73. The molecule has 1 aliphatic heterocycles. The molecule has 1 aliphatic rings. The molecular formula is C22H26F3N3O4. The van der Waals surface area contributed by atoms with Gasteiger partial charge in [-0.3, -0.25) is 4.90 Å². The van der Waals surface area contributed by atoms with Gasteiger partial charge in [-0.15, -0.1) is 0 Å². The van der Waals surface area contributed by atoms with Crippen LogP contribution in [-0.4, -0.2) is 39.7 Å². The Kier molecular flexibility index (Phi) is 7.42. The fraction of sp³-hybridized carbons (Fsp3) is 0.500. The van der Waals surface area contributed by atoms with Crippen molar-refractivity contribution >= 4 is 6.09 Å². The Balaban J connectivity index is 1.71. The molecule has 1 unspecified atom stereocenters. The predicted molar refractivity (Wildman–Crippen MR) is 109 cm³/mol. The molecule has 1 atom stereocenters. The third-order valence-corrected chi connectivity index (χ3v) is 4.66. The molecule has 0 saturated carbocycles. The molecule has 0 aromatic carbocycles. The zero-order valence-electron chi connectivity index (χ0n) is 18.2. The van der Waals surface area contributed by atoms with Crippen molar-refractivity contribution in [2.24, 2.45) is 0 Å². The third-order valence-electron chi connectivity index (χ3n) is 4.66. The molecular weight excluding hydrogens is 427 g/mol. The highest BCUT2D eigenvalue weighted by molar-refractivity contribution is 5.69. The van der Waals surface area contributed by atoms with Gasteiger partial charge in [-0.2, -0.15) is 8.78 Å². The van der Waals surface area contributed by atoms with E-state index in [1.807, 2.05) is 26.8 Å². The van der Waals surface area contributed by atoms with Crippen molar-refractivity contribution in [2.75, 3.05) is 6.54 Å². The first-order chi connectivity index (χ1) is 15.1. The van der Waals surface area contributed by atoms with E-state index in [1.54, 1.807) is 17.0 Å². The fourth-order valence-corrected chi connectivity index (χ4v) is 3.33. The number of piperidine rings is 1. The van der Waals surface area contributed by atoms with Crippen LogP contribution in [0.4, 0.5) is 18.0 Å². The molecule has 3 heterocycles.